The van der Waals surface area contributed by atoms with Crippen molar-refractivity contribution in [3.8, 4) is 10.6 Å². The Balaban J connectivity index is 1.71. The molecular formula is C21H20N2O5S. The van der Waals surface area contributed by atoms with Crippen molar-refractivity contribution in [1.82, 2.24) is 9.97 Å². The predicted octanol–water partition coefficient (Wildman–Crippen LogP) is 3.97. The maximum Gasteiger partial charge on any atom is 0.358 e. The topological polar surface area (TPSA) is 98.4 Å². The summed E-state index contributed by atoms with van der Waals surface area (Å²) in [5, 5.41) is 2.27. The van der Waals surface area contributed by atoms with Gasteiger partial charge in [-0.1, -0.05) is 30.3 Å². The molecule has 0 aliphatic heterocycles. The Morgan fingerprint density at radius 1 is 1.00 bits per heavy atom. The van der Waals surface area contributed by atoms with Crippen LogP contribution in [0.2, 0.25) is 0 Å². The third-order valence-electron chi connectivity index (χ3n) is 4.20. The normalized spacial score (nSPS) is 10.6. The number of aromatic amines is 1. The molecule has 3 rings (SSSR count). The number of nitrogens with one attached hydrogen (secondary N) is 1. The van der Waals surface area contributed by atoms with Gasteiger partial charge in [-0.3, -0.25) is 4.79 Å². The van der Waals surface area contributed by atoms with Crippen molar-refractivity contribution >= 4 is 29.1 Å². The van der Waals surface area contributed by atoms with Gasteiger partial charge in [-0.2, -0.15) is 0 Å². The smallest absolute Gasteiger partial charge is 0.358 e. The number of nitrogens with zero attached hydrogens (tertiary/aromatic N) is 1. The molecule has 0 aliphatic carbocycles. The van der Waals surface area contributed by atoms with Crippen LogP contribution in [0.15, 0.2) is 35.7 Å². The van der Waals surface area contributed by atoms with Crippen LogP contribution in [0.4, 0.5) is 0 Å². The minimum Gasteiger partial charge on any atom is -0.462 e. The summed E-state index contributed by atoms with van der Waals surface area (Å²) in [5.74, 6) is -1.77. The van der Waals surface area contributed by atoms with Crippen LogP contribution in [-0.2, 0) is 9.47 Å². The van der Waals surface area contributed by atoms with Crippen molar-refractivity contribution < 1.29 is 23.9 Å². The van der Waals surface area contributed by atoms with E-state index in [2.05, 4.69) is 9.97 Å². The Morgan fingerprint density at radius 2 is 1.69 bits per heavy atom. The van der Waals surface area contributed by atoms with Crippen LogP contribution in [-0.4, -0.2) is 40.9 Å². The number of benzene rings is 1. The van der Waals surface area contributed by atoms with Gasteiger partial charge in [0.25, 0.3) is 0 Å². The number of rotatable bonds is 7. The lowest BCUT2D eigenvalue weighted by Crippen LogP contribution is -2.18. The van der Waals surface area contributed by atoms with Crippen molar-refractivity contribution in [2.24, 2.45) is 0 Å². The molecule has 0 bridgehead atoms. The summed E-state index contributed by atoms with van der Waals surface area (Å²) in [4.78, 5) is 44.4. The summed E-state index contributed by atoms with van der Waals surface area (Å²) in [5.41, 5.74) is 2.43. The molecule has 29 heavy (non-hydrogen) atoms. The van der Waals surface area contributed by atoms with Crippen LogP contribution < -0.4 is 0 Å². The fourth-order valence-corrected chi connectivity index (χ4v) is 3.74. The van der Waals surface area contributed by atoms with Crippen LogP contribution in [0.25, 0.3) is 10.6 Å². The maximum absolute atomic E-state index is 12.6. The van der Waals surface area contributed by atoms with E-state index in [1.54, 1.807) is 26.2 Å². The highest BCUT2D eigenvalue weighted by molar-refractivity contribution is 7.13. The van der Waals surface area contributed by atoms with Crippen LogP contribution in [0.3, 0.4) is 0 Å². The van der Waals surface area contributed by atoms with Gasteiger partial charge in [-0.05, 0) is 20.8 Å². The molecule has 0 spiro atoms. The highest BCUT2D eigenvalue weighted by Crippen LogP contribution is 2.24. The number of hydrogen-bond acceptors (Lipinski definition) is 7. The first-order valence-electron chi connectivity index (χ1n) is 9.00. The monoisotopic (exact) mass is 412 g/mol. The van der Waals surface area contributed by atoms with Crippen molar-refractivity contribution in [3.05, 3.63) is 63.9 Å². The number of H-pyrrole nitrogens is 1. The van der Waals surface area contributed by atoms with E-state index < -0.39 is 24.3 Å². The molecule has 0 saturated carbocycles. The molecule has 7 nitrogen and oxygen atoms in total. The molecule has 1 N–H and O–H groups in total. The first kappa shape index (κ1) is 20.5. The summed E-state index contributed by atoms with van der Waals surface area (Å²) in [7, 11) is 0. The van der Waals surface area contributed by atoms with E-state index in [0.717, 1.165) is 5.56 Å². The van der Waals surface area contributed by atoms with Crippen LogP contribution in [0.1, 0.15) is 49.5 Å². The van der Waals surface area contributed by atoms with Crippen LogP contribution in [0, 0.1) is 13.8 Å². The van der Waals surface area contributed by atoms with Crippen molar-refractivity contribution in [2.75, 3.05) is 13.2 Å². The average Bonchev–Trinajstić information content (AvgIpc) is 3.31. The number of Topliss-reactive ketones (excluding diaryl/α,β-unsaturated/α-hetero) is 1. The Kier molecular flexibility index (Phi) is 6.23. The van der Waals surface area contributed by atoms with Gasteiger partial charge < -0.3 is 14.5 Å². The number of carbonyl (C=O) groups is 3. The number of esters is 2. The molecule has 0 radical (unpaired) electrons. The van der Waals surface area contributed by atoms with Gasteiger partial charge in [0.1, 0.15) is 5.01 Å². The maximum atomic E-state index is 12.6. The number of thiazole rings is 1. The molecule has 1 aromatic carbocycles. The minimum absolute atomic E-state index is 0.134. The standard InChI is InChI=1S/C21H20N2O5S/c1-4-27-21(26)18-13(3)22-12(2)17(18)16(24)10-28-20(25)15-11-29-19(23-15)14-8-6-5-7-9-14/h5-9,11,22H,4,10H2,1-3H3. The molecule has 0 atom stereocenters. The second-order valence-electron chi connectivity index (χ2n) is 6.25. The predicted molar refractivity (Wildman–Crippen MR) is 108 cm³/mol. The van der Waals surface area contributed by atoms with Gasteiger partial charge in [0.05, 0.1) is 17.7 Å². The Bertz CT molecular complexity index is 1050. The highest BCUT2D eigenvalue weighted by Gasteiger charge is 2.26. The second-order valence-corrected chi connectivity index (χ2v) is 7.11. The van der Waals surface area contributed by atoms with Crippen molar-refractivity contribution in [3.63, 3.8) is 0 Å². The lowest BCUT2D eigenvalue weighted by Gasteiger charge is -2.06. The fourth-order valence-electron chi connectivity index (χ4n) is 2.95. The number of aromatic nitrogens is 2. The molecule has 2 heterocycles. The van der Waals surface area contributed by atoms with E-state index >= 15 is 0 Å². The summed E-state index contributed by atoms with van der Waals surface area (Å²) in [6, 6.07) is 9.45. The Morgan fingerprint density at radius 3 is 2.38 bits per heavy atom. The van der Waals surface area contributed by atoms with Gasteiger partial charge in [-0.15, -0.1) is 11.3 Å². The van der Waals surface area contributed by atoms with Crippen molar-refractivity contribution in [1.29, 1.82) is 0 Å². The molecule has 0 amide bonds. The van der Waals surface area contributed by atoms with Crippen LogP contribution in [0.5, 0.6) is 0 Å². The third-order valence-corrected chi connectivity index (χ3v) is 5.09. The molecule has 0 saturated heterocycles. The van der Waals surface area contributed by atoms with E-state index in [1.807, 2.05) is 30.3 Å². The highest BCUT2D eigenvalue weighted by atomic mass is 32.1. The fraction of sp³-hybridized carbons (Fsp3) is 0.238. The van der Waals surface area contributed by atoms with Gasteiger partial charge >= 0.3 is 11.9 Å². The molecule has 8 heteroatoms. The number of carbonyl (C=O) groups excluding carboxylic acids is 3. The first-order chi connectivity index (χ1) is 13.9. The zero-order chi connectivity index (χ0) is 21.0. The van der Waals surface area contributed by atoms with E-state index in [1.165, 1.54) is 11.3 Å². The second kappa shape index (κ2) is 8.83. The molecule has 150 valence electrons. The summed E-state index contributed by atoms with van der Waals surface area (Å²) >= 11 is 1.32. The lowest BCUT2D eigenvalue weighted by molar-refractivity contribution is 0.0467. The third kappa shape index (κ3) is 4.43. The largest absolute Gasteiger partial charge is 0.462 e. The number of ether oxygens (including phenoxy) is 2. The number of ketones is 1. The number of aryl methyl sites for hydroxylation is 2. The zero-order valence-electron chi connectivity index (χ0n) is 16.3. The van der Waals surface area contributed by atoms with Gasteiger partial charge in [-0.25, -0.2) is 14.6 Å². The molecule has 2 aromatic heterocycles. The van der Waals surface area contributed by atoms with Gasteiger partial charge in [0.15, 0.2) is 12.3 Å². The summed E-state index contributed by atoms with van der Waals surface area (Å²) < 4.78 is 10.2. The van der Waals surface area contributed by atoms with E-state index in [4.69, 9.17) is 9.47 Å². The van der Waals surface area contributed by atoms with Gasteiger partial charge in [0.2, 0.25) is 5.78 Å². The zero-order valence-corrected chi connectivity index (χ0v) is 17.1. The SMILES string of the molecule is CCOC(=O)c1c(C)[nH]c(C)c1C(=O)COC(=O)c1csc(-c2ccccc2)n1. The molecule has 0 fully saturated rings. The van der Waals surface area contributed by atoms with Gasteiger partial charge in [0, 0.05) is 22.3 Å². The average molecular weight is 412 g/mol. The summed E-state index contributed by atoms with van der Waals surface area (Å²) in [6.07, 6.45) is 0. The Hall–Kier alpha value is -3.26. The lowest BCUT2D eigenvalue weighted by atomic mass is 10.1. The quantitative estimate of drug-likeness (QED) is 0.466. The van der Waals surface area contributed by atoms with Crippen molar-refractivity contribution in [2.45, 2.75) is 20.8 Å². The Labute approximate surface area is 171 Å². The van der Waals surface area contributed by atoms with E-state index in [0.29, 0.717) is 16.4 Å². The van der Waals surface area contributed by atoms with E-state index in [-0.39, 0.29) is 23.4 Å². The van der Waals surface area contributed by atoms with Crippen LogP contribution >= 0.6 is 11.3 Å². The molecule has 0 unspecified atom stereocenters. The summed E-state index contributed by atoms with van der Waals surface area (Å²) in [6.45, 7) is 4.74. The molecular weight excluding hydrogens is 392 g/mol. The van der Waals surface area contributed by atoms with E-state index in [9.17, 15) is 14.4 Å². The first-order valence-corrected chi connectivity index (χ1v) is 9.87. The number of hydrogen-bond donors (Lipinski definition) is 1. The molecule has 0 aliphatic rings. The molecule has 3 aromatic rings. The minimum atomic E-state index is -0.695.